The van der Waals surface area contributed by atoms with Gasteiger partial charge < -0.3 is 11.1 Å². The summed E-state index contributed by atoms with van der Waals surface area (Å²) in [6, 6.07) is 6.81. The van der Waals surface area contributed by atoms with E-state index in [2.05, 4.69) is 29.4 Å². The van der Waals surface area contributed by atoms with Gasteiger partial charge in [-0.3, -0.25) is 4.98 Å². The van der Waals surface area contributed by atoms with Gasteiger partial charge in [-0.2, -0.15) is 0 Å². The van der Waals surface area contributed by atoms with Gasteiger partial charge in [-0.05, 0) is 43.9 Å². The number of benzene rings is 1. The normalized spacial score (nSPS) is 23.0. The number of nitrogen functional groups attached to an aromatic ring is 1. The van der Waals surface area contributed by atoms with Crippen molar-refractivity contribution in [3.05, 3.63) is 30.1 Å². The van der Waals surface area contributed by atoms with E-state index in [0.29, 0.717) is 6.04 Å². The van der Waals surface area contributed by atoms with Crippen molar-refractivity contribution >= 4 is 22.1 Å². The third kappa shape index (κ3) is 2.97. The maximum Gasteiger partial charge on any atom is 0.0424 e. The highest BCUT2D eigenvalue weighted by Crippen LogP contribution is 2.32. The topological polar surface area (TPSA) is 50.9 Å². The Labute approximate surface area is 127 Å². The first-order chi connectivity index (χ1) is 10.1. The van der Waals surface area contributed by atoms with E-state index in [4.69, 9.17) is 5.73 Å². The maximum atomic E-state index is 6.09. The second-order valence-corrected chi connectivity index (χ2v) is 6.44. The summed E-state index contributed by atoms with van der Waals surface area (Å²) in [5, 5.41) is 6.03. The lowest BCUT2D eigenvalue weighted by Gasteiger charge is -2.25. The zero-order chi connectivity index (χ0) is 14.8. The van der Waals surface area contributed by atoms with Crippen LogP contribution < -0.4 is 11.1 Å². The second-order valence-electron chi connectivity index (χ2n) is 6.44. The number of nitrogens with one attached hydrogen (secondary N) is 1. The monoisotopic (exact) mass is 283 g/mol. The number of nitrogens with two attached hydrogens (primary N) is 1. The molecular weight excluding hydrogens is 258 g/mol. The molecule has 0 amide bonds. The molecule has 3 rings (SSSR count). The fourth-order valence-corrected chi connectivity index (χ4v) is 3.40. The van der Waals surface area contributed by atoms with E-state index in [-0.39, 0.29) is 0 Å². The molecule has 0 saturated heterocycles. The Bertz CT molecular complexity index is 636. The van der Waals surface area contributed by atoms with E-state index >= 15 is 0 Å². The Kier molecular flexibility index (Phi) is 4.00. The van der Waals surface area contributed by atoms with Gasteiger partial charge in [0.2, 0.25) is 0 Å². The summed E-state index contributed by atoms with van der Waals surface area (Å²) in [7, 11) is 0. The quantitative estimate of drug-likeness (QED) is 0.630. The first-order valence-electron chi connectivity index (χ1n) is 8.06. The Morgan fingerprint density at radius 1 is 1.14 bits per heavy atom. The number of aryl methyl sites for hydroxylation is 1. The van der Waals surface area contributed by atoms with Crippen molar-refractivity contribution in [3.63, 3.8) is 0 Å². The van der Waals surface area contributed by atoms with E-state index in [9.17, 15) is 0 Å². The van der Waals surface area contributed by atoms with Crippen LogP contribution in [-0.4, -0.2) is 11.0 Å². The van der Waals surface area contributed by atoms with Crippen molar-refractivity contribution in [1.29, 1.82) is 0 Å². The predicted octanol–water partition coefficient (Wildman–Crippen LogP) is 4.51. The number of aromatic nitrogens is 1. The smallest absolute Gasteiger partial charge is 0.0424 e. The number of pyridine rings is 1. The number of rotatable bonds is 2. The van der Waals surface area contributed by atoms with Crippen molar-refractivity contribution in [2.24, 2.45) is 5.92 Å². The van der Waals surface area contributed by atoms with Crippen LogP contribution in [0.4, 0.5) is 11.4 Å². The standard InChI is InChI=1S/C18H25N3/c1-12-6-4-3-5-7-17(12)21-18-9-8-16(19)15-11-20-13(2)10-14(15)18/h8-12,17,21H,3-7,19H2,1-2H3. The van der Waals surface area contributed by atoms with Crippen LogP contribution >= 0.6 is 0 Å². The molecule has 1 fully saturated rings. The molecule has 0 bridgehead atoms. The summed E-state index contributed by atoms with van der Waals surface area (Å²) >= 11 is 0. The van der Waals surface area contributed by atoms with Crippen LogP contribution in [0, 0.1) is 12.8 Å². The molecule has 1 aliphatic carbocycles. The number of nitrogens with zero attached hydrogens (tertiary/aromatic N) is 1. The van der Waals surface area contributed by atoms with E-state index in [1.807, 2.05) is 19.2 Å². The van der Waals surface area contributed by atoms with Crippen molar-refractivity contribution < 1.29 is 0 Å². The Morgan fingerprint density at radius 3 is 2.81 bits per heavy atom. The largest absolute Gasteiger partial charge is 0.398 e. The van der Waals surface area contributed by atoms with Crippen LogP contribution in [0.25, 0.3) is 10.8 Å². The minimum absolute atomic E-state index is 0.563. The van der Waals surface area contributed by atoms with Crippen LogP contribution in [0.2, 0.25) is 0 Å². The summed E-state index contributed by atoms with van der Waals surface area (Å²) in [5.74, 6) is 0.725. The van der Waals surface area contributed by atoms with Gasteiger partial charge in [0.1, 0.15) is 0 Å². The third-order valence-corrected chi connectivity index (χ3v) is 4.77. The molecule has 3 heteroatoms. The van der Waals surface area contributed by atoms with Gasteiger partial charge in [0, 0.05) is 40.1 Å². The van der Waals surface area contributed by atoms with Gasteiger partial charge in [-0.25, -0.2) is 0 Å². The van der Waals surface area contributed by atoms with E-state index in [0.717, 1.165) is 22.7 Å². The van der Waals surface area contributed by atoms with E-state index in [1.165, 1.54) is 43.2 Å². The molecule has 3 nitrogen and oxygen atoms in total. The number of hydrogen-bond acceptors (Lipinski definition) is 3. The summed E-state index contributed by atoms with van der Waals surface area (Å²) in [6.07, 6.45) is 8.54. The second kappa shape index (κ2) is 5.92. The highest BCUT2D eigenvalue weighted by molar-refractivity contribution is 6.00. The average molecular weight is 283 g/mol. The molecule has 2 atom stereocenters. The number of hydrogen-bond donors (Lipinski definition) is 2. The fraction of sp³-hybridized carbons (Fsp3) is 0.500. The van der Waals surface area contributed by atoms with Gasteiger partial charge in [-0.15, -0.1) is 0 Å². The Morgan fingerprint density at radius 2 is 1.95 bits per heavy atom. The van der Waals surface area contributed by atoms with Crippen molar-refractivity contribution in [2.45, 2.75) is 52.0 Å². The maximum absolute atomic E-state index is 6.09. The van der Waals surface area contributed by atoms with Gasteiger partial charge in [0.25, 0.3) is 0 Å². The highest BCUT2D eigenvalue weighted by Gasteiger charge is 2.20. The van der Waals surface area contributed by atoms with Gasteiger partial charge in [0.05, 0.1) is 0 Å². The summed E-state index contributed by atoms with van der Waals surface area (Å²) in [4.78, 5) is 4.38. The average Bonchev–Trinajstić information content (AvgIpc) is 2.67. The number of fused-ring (bicyclic) bond motifs is 1. The van der Waals surface area contributed by atoms with Crippen LogP contribution in [-0.2, 0) is 0 Å². The van der Waals surface area contributed by atoms with Crippen molar-refractivity contribution in [3.8, 4) is 0 Å². The summed E-state index contributed by atoms with van der Waals surface area (Å²) < 4.78 is 0. The van der Waals surface area contributed by atoms with Crippen LogP contribution in [0.5, 0.6) is 0 Å². The first kappa shape index (κ1) is 14.2. The molecule has 3 N–H and O–H groups in total. The first-order valence-corrected chi connectivity index (χ1v) is 8.06. The van der Waals surface area contributed by atoms with E-state index < -0.39 is 0 Å². The Balaban J connectivity index is 1.96. The fourth-order valence-electron chi connectivity index (χ4n) is 3.40. The molecule has 0 aliphatic heterocycles. The number of anilines is 2. The molecule has 0 radical (unpaired) electrons. The van der Waals surface area contributed by atoms with Crippen LogP contribution in [0.15, 0.2) is 24.4 Å². The van der Waals surface area contributed by atoms with Gasteiger partial charge in [0.15, 0.2) is 0 Å². The molecule has 0 spiro atoms. The van der Waals surface area contributed by atoms with Gasteiger partial charge in [-0.1, -0.05) is 26.2 Å². The lowest BCUT2D eigenvalue weighted by Crippen LogP contribution is -2.26. The minimum Gasteiger partial charge on any atom is -0.398 e. The molecule has 2 aromatic rings. The van der Waals surface area contributed by atoms with Gasteiger partial charge >= 0.3 is 0 Å². The van der Waals surface area contributed by atoms with Crippen molar-refractivity contribution in [2.75, 3.05) is 11.1 Å². The van der Waals surface area contributed by atoms with Crippen LogP contribution in [0.1, 0.15) is 44.7 Å². The molecule has 1 saturated carbocycles. The molecule has 1 aromatic heterocycles. The molecule has 2 unspecified atom stereocenters. The van der Waals surface area contributed by atoms with E-state index in [1.54, 1.807) is 0 Å². The van der Waals surface area contributed by atoms with Crippen LogP contribution in [0.3, 0.4) is 0 Å². The molecule has 1 heterocycles. The van der Waals surface area contributed by atoms with Crippen molar-refractivity contribution in [1.82, 2.24) is 4.98 Å². The zero-order valence-corrected chi connectivity index (χ0v) is 13.0. The molecule has 1 aromatic carbocycles. The predicted molar refractivity (Wildman–Crippen MR) is 90.6 cm³/mol. The Hall–Kier alpha value is -1.77. The zero-order valence-electron chi connectivity index (χ0n) is 13.0. The molecular formula is C18H25N3. The summed E-state index contributed by atoms with van der Waals surface area (Å²) in [5.41, 5.74) is 9.13. The molecule has 1 aliphatic rings. The SMILES string of the molecule is Cc1cc2c(NC3CCCCCC3C)ccc(N)c2cn1. The highest BCUT2D eigenvalue weighted by atomic mass is 14.9. The minimum atomic E-state index is 0.563. The third-order valence-electron chi connectivity index (χ3n) is 4.77. The lowest BCUT2D eigenvalue weighted by atomic mass is 9.96. The summed E-state index contributed by atoms with van der Waals surface area (Å²) in [6.45, 7) is 4.40. The lowest BCUT2D eigenvalue weighted by molar-refractivity contribution is 0.457. The molecule has 21 heavy (non-hydrogen) atoms. The molecule has 112 valence electrons.